The smallest absolute Gasteiger partial charge is 0.321 e. The predicted molar refractivity (Wildman–Crippen MR) is 99.3 cm³/mol. The van der Waals surface area contributed by atoms with E-state index in [0.717, 1.165) is 49.1 Å². The van der Waals surface area contributed by atoms with Crippen LogP contribution < -0.4 is 5.32 Å². The summed E-state index contributed by atoms with van der Waals surface area (Å²) in [5, 5.41) is 9.29. The summed E-state index contributed by atoms with van der Waals surface area (Å²) < 4.78 is 54.4. The van der Waals surface area contributed by atoms with Crippen LogP contribution in [0.5, 0.6) is 0 Å². The minimum absolute atomic E-state index is 0.0643. The molecule has 0 atom stereocenters. The molecule has 152 valence electrons. The third-order valence-electron chi connectivity index (χ3n) is 4.26. The van der Waals surface area contributed by atoms with E-state index >= 15 is 0 Å². The van der Waals surface area contributed by atoms with Gasteiger partial charge in [0, 0.05) is 5.69 Å². The van der Waals surface area contributed by atoms with E-state index in [1.54, 1.807) is 12.1 Å². The van der Waals surface area contributed by atoms with Gasteiger partial charge in [-0.1, -0.05) is 30.7 Å². The third-order valence-corrected chi connectivity index (χ3v) is 4.26. The fourth-order valence-electron chi connectivity index (χ4n) is 2.78. The Morgan fingerprint density at radius 1 is 1.07 bits per heavy atom. The van der Waals surface area contributed by atoms with Crippen molar-refractivity contribution in [3.63, 3.8) is 0 Å². The van der Waals surface area contributed by atoms with Crippen molar-refractivity contribution in [2.75, 3.05) is 5.32 Å². The lowest BCUT2D eigenvalue weighted by Gasteiger charge is -2.11. The first-order chi connectivity index (χ1) is 13.8. The third kappa shape index (κ3) is 4.79. The zero-order valence-electron chi connectivity index (χ0n) is 15.5. The molecule has 1 N–H and O–H groups in total. The van der Waals surface area contributed by atoms with E-state index in [1.165, 1.54) is 0 Å². The van der Waals surface area contributed by atoms with Crippen molar-refractivity contribution in [1.82, 2.24) is 15.0 Å². The van der Waals surface area contributed by atoms with E-state index in [0.29, 0.717) is 10.4 Å². The number of carbonyl (C=O) groups is 1. The van der Waals surface area contributed by atoms with Crippen LogP contribution in [0.1, 0.15) is 41.5 Å². The van der Waals surface area contributed by atoms with Crippen LogP contribution in [0.15, 0.2) is 48.5 Å². The minimum Gasteiger partial charge on any atom is -0.321 e. The second kappa shape index (κ2) is 8.42. The molecule has 2 aromatic carbocycles. The number of nitrogens with one attached hydrogen (secondary N) is 1. The molecule has 0 radical (unpaired) electrons. The molecule has 0 unspecified atom stereocenters. The monoisotopic (exact) mass is 406 g/mol. The summed E-state index contributed by atoms with van der Waals surface area (Å²) in [5.41, 5.74) is -0.841. The maximum absolute atomic E-state index is 13.6. The highest BCUT2D eigenvalue weighted by atomic mass is 19.4. The number of rotatable bonds is 6. The lowest BCUT2D eigenvalue weighted by molar-refractivity contribution is -0.143. The first kappa shape index (κ1) is 20.5. The number of hydrogen-bond acceptors (Lipinski definition) is 3. The SMILES string of the molecule is CCCCc1ccc(NC(=O)c2nnn(-c3ccc(F)cc3)c2C(F)(F)F)cc1. The standard InChI is InChI=1S/C20H18F4N4O/c1-2-3-4-13-5-9-15(10-6-13)25-19(29)17-18(20(22,23)24)28(27-26-17)16-11-7-14(21)8-12-16/h5-12H,2-4H2,1H3,(H,25,29). The molecule has 1 heterocycles. The average molecular weight is 406 g/mol. The first-order valence-corrected chi connectivity index (χ1v) is 8.98. The van der Waals surface area contributed by atoms with Crippen LogP contribution in [-0.4, -0.2) is 20.9 Å². The second-order valence-corrected chi connectivity index (χ2v) is 6.43. The number of carbonyl (C=O) groups excluding carboxylic acids is 1. The van der Waals surface area contributed by atoms with Gasteiger partial charge in [-0.2, -0.15) is 13.2 Å². The fraction of sp³-hybridized carbons (Fsp3) is 0.250. The van der Waals surface area contributed by atoms with Crippen LogP contribution in [0.3, 0.4) is 0 Å². The number of hydrogen-bond donors (Lipinski definition) is 1. The highest BCUT2D eigenvalue weighted by molar-refractivity contribution is 6.03. The highest BCUT2D eigenvalue weighted by Crippen LogP contribution is 2.33. The van der Waals surface area contributed by atoms with E-state index in [1.807, 2.05) is 12.1 Å². The number of unbranched alkanes of at least 4 members (excludes halogenated alkanes) is 1. The van der Waals surface area contributed by atoms with E-state index in [4.69, 9.17) is 0 Å². The number of halogens is 4. The summed E-state index contributed by atoms with van der Waals surface area (Å²) >= 11 is 0. The Morgan fingerprint density at radius 2 is 1.72 bits per heavy atom. The van der Waals surface area contributed by atoms with Gasteiger partial charge in [0.2, 0.25) is 0 Å². The van der Waals surface area contributed by atoms with Gasteiger partial charge in [0.05, 0.1) is 5.69 Å². The molecule has 29 heavy (non-hydrogen) atoms. The number of alkyl halides is 3. The molecular formula is C20H18F4N4O. The largest absolute Gasteiger partial charge is 0.435 e. The van der Waals surface area contributed by atoms with Crippen LogP contribution in [0.25, 0.3) is 5.69 Å². The van der Waals surface area contributed by atoms with Crippen molar-refractivity contribution >= 4 is 11.6 Å². The molecule has 3 aromatic rings. The summed E-state index contributed by atoms with van der Waals surface area (Å²) in [6.07, 6.45) is -1.95. The number of anilines is 1. The molecular weight excluding hydrogens is 388 g/mol. The molecule has 0 aliphatic heterocycles. The van der Waals surface area contributed by atoms with Gasteiger partial charge in [-0.3, -0.25) is 4.79 Å². The summed E-state index contributed by atoms with van der Waals surface area (Å²) in [5.74, 6) is -1.64. The van der Waals surface area contributed by atoms with Crippen molar-refractivity contribution in [3.05, 3.63) is 71.3 Å². The topological polar surface area (TPSA) is 59.8 Å². The summed E-state index contributed by atoms with van der Waals surface area (Å²) in [7, 11) is 0. The Labute approximate surface area is 164 Å². The molecule has 0 saturated carbocycles. The maximum Gasteiger partial charge on any atom is 0.435 e. The number of aromatic nitrogens is 3. The zero-order valence-corrected chi connectivity index (χ0v) is 15.5. The summed E-state index contributed by atoms with van der Waals surface area (Å²) in [6.45, 7) is 2.08. The Balaban J connectivity index is 1.88. The van der Waals surface area contributed by atoms with Gasteiger partial charge in [0.15, 0.2) is 11.4 Å². The molecule has 0 spiro atoms. The number of nitrogens with zero attached hydrogens (tertiary/aromatic N) is 3. The normalized spacial score (nSPS) is 11.5. The van der Waals surface area contributed by atoms with E-state index in [2.05, 4.69) is 22.6 Å². The van der Waals surface area contributed by atoms with Crippen molar-refractivity contribution in [2.24, 2.45) is 0 Å². The molecule has 1 aromatic heterocycles. The molecule has 0 aliphatic rings. The Kier molecular flexibility index (Phi) is 5.95. The summed E-state index contributed by atoms with van der Waals surface area (Å²) in [4.78, 5) is 12.5. The van der Waals surface area contributed by atoms with E-state index in [9.17, 15) is 22.4 Å². The van der Waals surface area contributed by atoms with Gasteiger partial charge < -0.3 is 5.32 Å². The van der Waals surface area contributed by atoms with Gasteiger partial charge >= 0.3 is 6.18 Å². The Hall–Kier alpha value is -3.23. The predicted octanol–water partition coefficient (Wildman–Crippen LogP) is 5.02. The Morgan fingerprint density at radius 3 is 2.31 bits per heavy atom. The molecule has 0 saturated heterocycles. The number of amides is 1. The highest BCUT2D eigenvalue weighted by Gasteiger charge is 2.42. The van der Waals surface area contributed by atoms with Crippen LogP contribution in [-0.2, 0) is 12.6 Å². The van der Waals surface area contributed by atoms with Crippen molar-refractivity contribution in [3.8, 4) is 5.69 Å². The van der Waals surface area contributed by atoms with Gasteiger partial charge in [-0.05, 0) is 54.8 Å². The van der Waals surface area contributed by atoms with Gasteiger partial charge in [0.25, 0.3) is 5.91 Å². The molecule has 0 aliphatic carbocycles. The first-order valence-electron chi connectivity index (χ1n) is 8.98. The minimum atomic E-state index is -4.89. The van der Waals surface area contributed by atoms with Gasteiger partial charge in [-0.15, -0.1) is 5.10 Å². The van der Waals surface area contributed by atoms with Crippen LogP contribution in [0.2, 0.25) is 0 Å². The molecule has 5 nitrogen and oxygen atoms in total. The summed E-state index contributed by atoms with van der Waals surface area (Å²) in [6, 6.07) is 11.1. The van der Waals surface area contributed by atoms with Crippen molar-refractivity contribution in [2.45, 2.75) is 32.4 Å². The van der Waals surface area contributed by atoms with Gasteiger partial charge in [-0.25, -0.2) is 9.07 Å². The second-order valence-electron chi connectivity index (χ2n) is 6.43. The van der Waals surface area contributed by atoms with Crippen LogP contribution in [0.4, 0.5) is 23.2 Å². The molecule has 3 rings (SSSR count). The fourth-order valence-corrected chi connectivity index (χ4v) is 2.78. The molecule has 1 amide bonds. The number of aryl methyl sites for hydroxylation is 1. The quantitative estimate of drug-likeness (QED) is 0.585. The maximum atomic E-state index is 13.6. The van der Waals surface area contributed by atoms with Gasteiger partial charge in [0.1, 0.15) is 5.82 Å². The zero-order chi connectivity index (χ0) is 21.0. The van der Waals surface area contributed by atoms with Crippen LogP contribution >= 0.6 is 0 Å². The van der Waals surface area contributed by atoms with Crippen molar-refractivity contribution < 1.29 is 22.4 Å². The average Bonchev–Trinajstić information content (AvgIpc) is 3.14. The molecule has 9 heteroatoms. The Bertz CT molecular complexity index is 979. The van der Waals surface area contributed by atoms with E-state index in [-0.39, 0.29) is 5.69 Å². The molecule has 0 fully saturated rings. The van der Waals surface area contributed by atoms with Crippen molar-refractivity contribution in [1.29, 1.82) is 0 Å². The van der Waals surface area contributed by atoms with Crippen LogP contribution in [0, 0.1) is 5.82 Å². The van der Waals surface area contributed by atoms with E-state index < -0.39 is 29.3 Å². The lowest BCUT2D eigenvalue weighted by atomic mass is 10.1. The molecule has 0 bridgehead atoms. The lowest BCUT2D eigenvalue weighted by Crippen LogP contribution is -2.21. The number of benzene rings is 2.